The van der Waals surface area contributed by atoms with Gasteiger partial charge in [0.2, 0.25) is 0 Å². The first-order valence-corrected chi connectivity index (χ1v) is 17.3. The second-order valence-corrected chi connectivity index (χ2v) is 12.6. The maximum absolute atomic E-state index is 13.6. The van der Waals surface area contributed by atoms with Crippen molar-refractivity contribution in [3.63, 3.8) is 0 Å². The van der Waals surface area contributed by atoms with Crippen LogP contribution in [0.15, 0.2) is 44.0 Å². The third kappa shape index (κ3) is 9.51. The van der Waals surface area contributed by atoms with Crippen LogP contribution in [0.1, 0.15) is 46.3 Å². The minimum absolute atomic E-state index is 0.0281. The summed E-state index contributed by atoms with van der Waals surface area (Å²) in [6, 6.07) is -1.31. The van der Waals surface area contributed by atoms with Crippen molar-refractivity contribution in [2.24, 2.45) is 5.92 Å². The molecule has 3 rings (SSSR count). The average molecular weight is 818 g/mol. The molecule has 13 nitrogen and oxygen atoms in total. The van der Waals surface area contributed by atoms with Crippen LogP contribution in [0.5, 0.6) is 5.88 Å². The van der Waals surface area contributed by atoms with E-state index < -0.39 is 44.6 Å². The monoisotopic (exact) mass is 818 g/mol. The van der Waals surface area contributed by atoms with E-state index in [4.69, 9.17) is 18.5 Å². The molecule has 0 radical (unpaired) electrons. The van der Waals surface area contributed by atoms with E-state index in [2.05, 4.69) is 47.6 Å². The van der Waals surface area contributed by atoms with Crippen LogP contribution in [0.3, 0.4) is 0 Å². The van der Waals surface area contributed by atoms with Gasteiger partial charge in [-0.15, -0.1) is 0 Å². The van der Waals surface area contributed by atoms with Crippen LogP contribution in [0.25, 0.3) is 11.2 Å². The molecule has 43 heavy (non-hydrogen) atoms. The number of carbonyl (C=O) groups excluding carboxylic acids is 1. The predicted octanol–water partition coefficient (Wildman–Crippen LogP) is 4.61. The van der Waals surface area contributed by atoms with Gasteiger partial charge in [-0.05, 0) is 13.0 Å². The molecule has 5 unspecified atom stereocenters. The summed E-state index contributed by atoms with van der Waals surface area (Å²) in [5.74, 6) is -3.61. The zero-order chi connectivity index (χ0) is 31.8. The molecule has 2 aromatic rings. The molecule has 0 bridgehead atoms. The summed E-state index contributed by atoms with van der Waals surface area (Å²) in [6.07, 6.45) is 4.18. The number of hydrogen-bond donors (Lipinski definition) is 2. The zero-order valence-electron chi connectivity index (χ0n) is 24.3. The quantitative estimate of drug-likeness (QED) is 0.0541. The molecular formula is C26H36F2N6O7PTl. The molecule has 0 aromatic carbocycles. The number of rotatable bonds is 18. The van der Waals surface area contributed by atoms with E-state index in [-0.39, 0.29) is 18.3 Å². The van der Waals surface area contributed by atoms with Crippen molar-refractivity contribution in [1.29, 1.82) is 0 Å². The third-order valence-corrected chi connectivity index (χ3v) is 8.99. The van der Waals surface area contributed by atoms with Crippen LogP contribution in [0.2, 0.25) is 0 Å². The normalized spacial score (nSPS) is 20.6. The maximum atomic E-state index is 13.6. The Balaban J connectivity index is 1.72. The molecule has 2 aromatic heterocycles. The van der Waals surface area contributed by atoms with Crippen LogP contribution in [-0.2, 0) is 27.9 Å². The van der Waals surface area contributed by atoms with Gasteiger partial charge in [-0.2, -0.15) is 8.78 Å². The van der Waals surface area contributed by atoms with Gasteiger partial charge in [0.25, 0.3) is 5.92 Å². The number of nitrogens with one attached hydrogen (secondary N) is 2. The summed E-state index contributed by atoms with van der Waals surface area (Å²) in [5, 5.41) is 2.44. The Labute approximate surface area is 265 Å². The number of anilines is 1. The van der Waals surface area contributed by atoms with Crippen molar-refractivity contribution in [3.05, 3.63) is 44.0 Å². The summed E-state index contributed by atoms with van der Waals surface area (Å²) < 4.78 is 73.2. The Morgan fingerprint density at radius 3 is 2.79 bits per heavy atom. The van der Waals surface area contributed by atoms with Crippen LogP contribution < -0.4 is 13.0 Å². The van der Waals surface area contributed by atoms with Gasteiger partial charge in [-0.1, -0.05) is 20.1 Å². The fraction of sp³-hybridized carbons (Fsp3) is 0.538. The van der Waals surface area contributed by atoms with Gasteiger partial charge in [0.15, 0.2) is 6.61 Å². The first-order valence-electron chi connectivity index (χ1n) is 13.5. The first kappa shape index (κ1) is 35.0. The molecule has 1 saturated heterocycles. The number of nitrogens with zero attached hydrogens (tertiary/aromatic N) is 4. The number of halogens is 2. The number of hydrogen-bond acceptors (Lipinski definition) is 11. The second-order valence-electron chi connectivity index (χ2n) is 9.81. The molecule has 1 fully saturated rings. The number of ether oxygens (including phenoxy) is 3. The molecule has 1 aliphatic rings. The topological polar surface area (TPSA) is 148 Å². The number of fused-ring (bicyclic) bond motifs is 1. The minimum atomic E-state index is -4.20. The SMILES string of the molecule is C=CCCOc1nc([NH][Tl])nc2c1ncn2C1OC(COP(=O)(NC(C)C(=O)OCC(F)(F)C=C)OC(=C)CC)CC1C. The van der Waals surface area contributed by atoms with Crippen LogP contribution in [0, 0.1) is 5.92 Å². The fourth-order valence-corrected chi connectivity index (χ4v) is 6.09. The molecule has 0 saturated carbocycles. The number of esters is 1. The molecule has 5 atom stereocenters. The molecule has 2 N–H and O–H groups in total. The van der Waals surface area contributed by atoms with Gasteiger partial charge < -0.3 is 4.74 Å². The molecule has 234 valence electrons. The number of allylic oxidation sites excluding steroid dienone is 1. The van der Waals surface area contributed by atoms with Crippen LogP contribution in [0.4, 0.5) is 14.7 Å². The predicted molar refractivity (Wildman–Crippen MR) is 155 cm³/mol. The molecule has 0 amide bonds. The van der Waals surface area contributed by atoms with E-state index >= 15 is 0 Å². The van der Waals surface area contributed by atoms with Gasteiger partial charge in [0, 0.05) is 6.42 Å². The van der Waals surface area contributed by atoms with Gasteiger partial charge in [0.1, 0.15) is 6.04 Å². The van der Waals surface area contributed by atoms with Crippen molar-refractivity contribution >= 4 is 56.9 Å². The molecule has 3 heterocycles. The van der Waals surface area contributed by atoms with Crippen molar-refractivity contribution < 1.29 is 41.4 Å². The van der Waals surface area contributed by atoms with E-state index in [1.54, 1.807) is 23.9 Å². The second kappa shape index (κ2) is 15.5. The van der Waals surface area contributed by atoms with E-state index in [9.17, 15) is 18.1 Å². The van der Waals surface area contributed by atoms with E-state index in [1.165, 1.54) is 6.92 Å². The summed E-state index contributed by atoms with van der Waals surface area (Å²) in [4.78, 5) is 25.8. The molecule has 0 aliphatic carbocycles. The first-order chi connectivity index (χ1) is 20.3. The molecule has 0 spiro atoms. The summed E-state index contributed by atoms with van der Waals surface area (Å²) in [7, 11) is -4.20. The Hall–Kier alpha value is -2.47. The van der Waals surface area contributed by atoms with Crippen molar-refractivity contribution in [2.45, 2.75) is 64.3 Å². The Morgan fingerprint density at radius 1 is 1.40 bits per heavy atom. The van der Waals surface area contributed by atoms with Gasteiger partial charge in [-0.25, -0.2) is 0 Å². The fourth-order valence-electron chi connectivity index (χ4n) is 3.99. The van der Waals surface area contributed by atoms with Crippen LogP contribution >= 0.6 is 7.75 Å². The van der Waals surface area contributed by atoms with Crippen molar-refractivity contribution in [2.75, 3.05) is 22.9 Å². The molecular weight excluding hydrogens is 782 g/mol. The number of imidazole rings is 1. The number of carbonyl (C=O) groups is 1. The Kier molecular flexibility index (Phi) is 12.6. The van der Waals surface area contributed by atoms with Crippen molar-refractivity contribution in [1.82, 2.24) is 24.6 Å². The Morgan fingerprint density at radius 2 is 2.14 bits per heavy atom. The molecule has 17 heteroatoms. The van der Waals surface area contributed by atoms with E-state index in [1.807, 2.05) is 6.92 Å². The van der Waals surface area contributed by atoms with Crippen LogP contribution in [-0.4, -0.2) is 89.4 Å². The average Bonchev–Trinajstić information content (AvgIpc) is 3.57. The van der Waals surface area contributed by atoms with Gasteiger partial charge >= 0.3 is 184 Å². The standard InChI is InChI=1S/C26H36F2N6O7P.Tl/c1-7-10-11-37-22-20-21(31-25(29)32-22)34(15-30-20)23-16(4)12-19(40-23)13-39-42(36,41-17(5)8-2)33-18(6)24(35)38-14-26(27,28)9-3;/h7,9,15-16,18-19,23H,1,3,5,8,10-14H2,2,4,6H3,(H2-,29,31,32,33,36);/q-1;+1. The summed E-state index contributed by atoms with van der Waals surface area (Å²) in [6.45, 7) is 14.4. The number of alkyl halides is 2. The summed E-state index contributed by atoms with van der Waals surface area (Å²) in [5.41, 5.74) is 1.00. The van der Waals surface area contributed by atoms with Gasteiger partial charge in [0.05, 0.1) is 5.76 Å². The zero-order valence-corrected chi connectivity index (χ0v) is 29.7. The van der Waals surface area contributed by atoms with E-state index in [0.29, 0.717) is 81.0 Å². The molecule has 1 aliphatic heterocycles. The summed E-state index contributed by atoms with van der Waals surface area (Å²) >= 11 is 0.399. The van der Waals surface area contributed by atoms with Crippen molar-refractivity contribution in [3.8, 4) is 5.88 Å². The third-order valence-electron chi connectivity index (χ3n) is 6.29. The van der Waals surface area contributed by atoms with Gasteiger partial charge in [-0.3, -0.25) is 4.79 Å². The van der Waals surface area contributed by atoms with E-state index in [0.717, 1.165) is 0 Å². The Bertz CT molecular complexity index is 1360. The number of aromatic nitrogens is 4.